The van der Waals surface area contributed by atoms with E-state index in [1.165, 1.54) is 35.6 Å². The van der Waals surface area contributed by atoms with Gasteiger partial charge < -0.3 is 9.30 Å². The lowest BCUT2D eigenvalue weighted by Crippen LogP contribution is -2.19. The summed E-state index contributed by atoms with van der Waals surface area (Å²) in [4.78, 5) is 17.7. The third-order valence-corrected chi connectivity index (χ3v) is 7.10. The first-order valence-corrected chi connectivity index (χ1v) is 11.5. The van der Waals surface area contributed by atoms with Gasteiger partial charge in [-0.3, -0.25) is 4.79 Å². The number of benzene rings is 2. The van der Waals surface area contributed by atoms with E-state index < -0.39 is 15.7 Å². The van der Waals surface area contributed by atoms with Gasteiger partial charge in [0.05, 0.1) is 27.5 Å². The molecular formula is C20H22N2O4S2. The minimum atomic E-state index is -3.29. The summed E-state index contributed by atoms with van der Waals surface area (Å²) in [6.07, 6.45) is 0. The Morgan fingerprint density at radius 1 is 1.11 bits per heavy atom. The lowest BCUT2D eigenvalue weighted by Gasteiger charge is -2.05. The van der Waals surface area contributed by atoms with E-state index in [-0.39, 0.29) is 10.6 Å². The first-order valence-electron chi connectivity index (χ1n) is 9.04. The van der Waals surface area contributed by atoms with Crippen LogP contribution in [0.4, 0.5) is 0 Å². The Labute approximate surface area is 168 Å². The van der Waals surface area contributed by atoms with Crippen LogP contribution in [-0.2, 0) is 21.1 Å². The molecule has 2 aromatic carbocycles. The summed E-state index contributed by atoms with van der Waals surface area (Å²) in [6, 6.07) is 13.8. The lowest BCUT2D eigenvalue weighted by atomic mass is 10.2. The molecule has 0 bridgehead atoms. The highest BCUT2D eigenvalue weighted by atomic mass is 32.2. The fourth-order valence-electron chi connectivity index (χ4n) is 2.75. The average molecular weight is 419 g/mol. The Balaban J connectivity index is 1.97. The van der Waals surface area contributed by atoms with Crippen LogP contribution in [0, 0.1) is 0 Å². The van der Waals surface area contributed by atoms with Crippen molar-refractivity contribution in [2.75, 3.05) is 19.0 Å². The Morgan fingerprint density at radius 2 is 1.82 bits per heavy atom. The van der Waals surface area contributed by atoms with Crippen LogP contribution < -0.4 is 4.80 Å². The molecule has 0 saturated heterocycles. The smallest absolute Gasteiger partial charge is 0.279 e. The maximum Gasteiger partial charge on any atom is 0.279 e. The van der Waals surface area contributed by atoms with Crippen molar-refractivity contribution >= 4 is 37.3 Å². The summed E-state index contributed by atoms with van der Waals surface area (Å²) < 4.78 is 32.3. The zero-order chi connectivity index (χ0) is 20.1. The first kappa shape index (κ1) is 20.4. The second-order valence-electron chi connectivity index (χ2n) is 6.05. The number of rotatable bonds is 7. The van der Waals surface area contributed by atoms with E-state index in [9.17, 15) is 13.2 Å². The van der Waals surface area contributed by atoms with Crippen molar-refractivity contribution in [3.05, 3.63) is 58.9 Å². The Morgan fingerprint density at radius 3 is 2.50 bits per heavy atom. The molecule has 0 aliphatic rings. The zero-order valence-electron chi connectivity index (χ0n) is 15.8. The highest BCUT2D eigenvalue weighted by molar-refractivity contribution is 7.91. The Kier molecular flexibility index (Phi) is 6.43. The van der Waals surface area contributed by atoms with Crippen LogP contribution in [0.1, 0.15) is 24.2 Å². The number of hydrogen-bond acceptors (Lipinski definition) is 5. The van der Waals surface area contributed by atoms with Crippen molar-refractivity contribution < 1.29 is 17.9 Å². The van der Waals surface area contributed by atoms with Crippen LogP contribution in [0.5, 0.6) is 0 Å². The molecule has 0 saturated carbocycles. The largest absolute Gasteiger partial charge is 0.380 e. The highest BCUT2D eigenvalue weighted by Gasteiger charge is 2.13. The number of nitrogens with zero attached hydrogens (tertiary/aromatic N) is 2. The van der Waals surface area contributed by atoms with Crippen LogP contribution in [0.25, 0.3) is 10.2 Å². The van der Waals surface area contributed by atoms with Gasteiger partial charge in [-0.25, -0.2) is 8.42 Å². The molecule has 3 rings (SSSR count). The molecule has 0 N–H and O–H groups in total. The summed E-state index contributed by atoms with van der Waals surface area (Å²) in [5.74, 6) is -0.385. The molecule has 0 unspecified atom stereocenters. The van der Waals surface area contributed by atoms with Gasteiger partial charge in [0.2, 0.25) is 0 Å². The normalized spacial score (nSPS) is 12.6. The molecule has 0 radical (unpaired) electrons. The minimum absolute atomic E-state index is 0.0201. The van der Waals surface area contributed by atoms with Crippen molar-refractivity contribution in [3.63, 3.8) is 0 Å². The number of para-hydroxylation sites is 1. The van der Waals surface area contributed by atoms with Crippen molar-refractivity contribution in [2.45, 2.75) is 25.3 Å². The average Bonchev–Trinajstić information content (AvgIpc) is 3.05. The number of hydrogen-bond donors (Lipinski definition) is 0. The maximum atomic E-state index is 12.6. The van der Waals surface area contributed by atoms with E-state index in [1.54, 1.807) is 6.92 Å². The van der Waals surface area contributed by atoms with Gasteiger partial charge in [-0.1, -0.05) is 30.4 Å². The molecule has 8 heteroatoms. The second-order valence-corrected chi connectivity index (χ2v) is 9.33. The highest BCUT2D eigenvalue weighted by Crippen LogP contribution is 2.17. The predicted octanol–water partition coefficient (Wildman–Crippen LogP) is 3.27. The number of amides is 1. The number of ether oxygens (including phenoxy) is 1. The van der Waals surface area contributed by atoms with Crippen LogP contribution >= 0.6 is 11.3 Å². The zero-order valence-corrected chi connectivity index (χ0v) is 17.4. The molecule has 1 amide bonds. The van der Waals surface area contributed by atoms with Gasteiger partial charge in [0, 0.05) is 18.7 Å². The summed E-state index contributed by atoms with van der Waals surface area (Å²) in [5, 5.41) is 0. The maximum absolute atomic E-state index is 12.6. The van der Waals surface area contributed by atoms with E-state index >= 15 is 0 Å². The van der Waals surface area contributed by atoms with Crippen molar-refractivity contribution in [2.24, 2.45) is 4.99 Å². The van der Waals surface area contributed by atoms with Gasteiger partial charge in [0.25, 0.3) is 5.91 Å². The number of thiazole rings is 1. The molecule has 3 aromatic rings. The predicted molar refractivity (Wildman–Crippen MR) is 110 cm³/mol. The minimum Gasteiger partial charge on any atom is -0.380 e. The van der Waals surface area contributed by atoms with Crippen LogP contribution in [0.2, 0.25) is 0 Å². The molecular weight excluding hydrogens is 396 g/mol. The van der Waals surface area contributed by atoms with Crippen LogP contribution in [0.15, 0.2) is 58.4 Å². The molecule has 148 valence electrons. The van der Waals surface area contributed by atoms with Gasteiger partial charge in [-0.2, -0.15) is 4.99 Å². The van der Waals surface area contributed by atoms with Crippen LogP contribution in [0.3, 0.4) is 0 Å². The van der Waals surface area contributed by atoms with E-state index in [1.807, 2.05) is 35.8 Å². The number of sulfone groups is 1. The number of carbonyl (C=O) groups excluding carboxylic acids is 1. The molecule has 6 nitrogen and oxygen atoms in total. The molecule has 0 atom stereocenters. The molecule has 0 fully saturated rings. The molecule has 1 aromatic heterocycles. The van der Waals surface area contributed by atoms with E-state index in [0.717, 1.165) is 10.2 Å². The quantitative estimate of drug-likeness (QED) is 0.552. The first-order chi connectivity index (χ1) is 13.5. The van der Waals surface area contributed by atoms with Crippen molar-refractivity contribution in [1.29, 1.82) is 0 Å². The fraction of sp³-hybridized carbons (Fsp3) is 0.300. The number of carbonyl (C=O) groups is 1. The number of aromatic nitrogens is 1. The monoisotopic (exact) mass is 418 g/mol. The molecule has 28 heavy (non-hydrogen) atoms. The van der Waals surface area contributed by atoms with Gasteiger partial charge in [0.15, 0.2) is 14.6 Å². The second kappa shape index (κ2) is 8.81. The van der Waals surface area contributed by atoms with Crippen molar-refractivity contribution in [3.8, 4) is 0 Å². The van der Waals surface area contributed by atoms with E-state index in [4.69, 9.17) is 4.74 Å². The van der Waals surface area contributed by atoms with Gasteiger partial charge in [-0.05, 0) is 43.3 Å². The SMILES string of the molecule is CCOCCn1c(=NC(=O)c2ccc(S(=O)(=O)CC)cc2)sc2ccccc21. The third kappa shape index (κ3) is 4.40. The molecule has 1 heterocycles. The Bertz CT molecular complexity index is 1140. The molecule has 0 spiro atoms. The summed E-state index contributed by atoms with van der Waals surface area (Å²) >= 11 is 1.44. The number of fused-ring (bicyclic) bond motifs is 1. The summed E-state index contributed by atoms with van der Waals surface area (Å²) in [5.41, 5.74) is 1.35. The molecule has 0 aliphatic heterocycles. The van der Waals surface area contributed by atoms with E-state index in [0.29, 0.717) is 30.1 Å². The summed E-state index contributed by atoms with van der Waals surface area (Å²) in [6.45, 7) is 5.28. The Hall–Kier alpha value is -2.29. The fourth-order valence-corrected chi connectivity index (χ4v) is 4.68. The standard InChI is InChI=1S/C20H22N2O4S2/c1-3-26-14-13-22-17-7-5-6-8-18(17)27-20(22)21-19(23)15-9-11-16(12-10-15)28(24,25)4-2/h5-12H,3-4,13-14H2,1-2H3. The topological polar surface area (TPSA) is 77.7 Å². The van der Waals surface area contributed by atoms with Gasteiger partial charge >= 0.3 is 0 Å². The lowest BCUT2D eigenvalue weighted by molar-refractivity contribution is 0.0996. The third-order valence-electron chi connectivity index (χ3n) is 4.29. The van der Waals surface area contributed by atoms with Gasteiger partial charge in [-0.15, -0.1) is 0 Å². The summed E-state index contributed by atoms with van der Waals surface area (Å²) in [7, 11) is -3.29. The van der Waals surface area contributed by atoms with E-state index in [2.05, 4.69) is 4.99 Å². The molecule has 0 aliphatic carbocycles. The van der Waals surface area contributed by atoms with Crippen LogP contribution in [-0.4, -0.2) is 37.9 Å². The van der Waals surface area contributed by atoms with Gasteiger partial charge in [0.1, 0.15) is 0 Å². The van der Waals surface area contributed by atoms with Crippen molar-refractivity contribution in [1.82, 2.24) is 4.57 Å².